The molecule has 0 saturated carbocycles. The molecule has 0 saturated heterocycles. The third-order valence-electron chi connectivity index (χ3n) is 3.81. The molecule has 118 valence electrons. The van der Waals surface area contributed by atoms with Crippen molar-refractivity contribution in [2.45, 2.75) is 6.61 Å². The van der Waals surface area contributed by atoms with Crippen molar-refractivity contribution in [1.29, 1.82) is 10.5 Å². The zero-order valence-electron chi connectivity index (χ0n) is 13.5. The molecule has 2 aromatic carbocycles. The molecule has 3 rings (SSSR count). The van der Waals surface area contributed by atoms with E-state index in [0.29, 0.717) is 17.7 Å². The van der Waals surface area contributed by atoms with Gasteiger partial charge in [0, 0.05) is 6.20 Å². The van der Waals surface area contributed by atoms with Gasteiger partial charge < -0.3 is 4.65 Å². The smallest absolute Gasteiger partial charge is 0.361 e. The van der Waals surface area contributed by atoms with Gasteiger partial charge in [-0.2, -0.15) is 10.5 Å². The summed E-state index contributed by atoms with van der Waals surface area (Å²) in [6.45, 7) is 0.0633. The van der Waals surface area contributed by atoms with Crippen LogP contribution in [0, 0.1) is 22.7 Å². The summed E-state index contributed by atoms with van der Waals surface area (Å²) >= 11 is 0. The number of nitrogens with zero attached hydrogens (tertiary/aromatic N) is 3. The van der Waals surface area contributed by atoms with E-state index < -0.39 is 0 Å². The molecule has 4 nitrogen and oxygen atoms in total. The average molecular weight is 323 g/mol. The molecule has 0 bridgehead atoms. The molecule has 0 aliphatic rings. The number of hydrogen-bond acceptors (Lipinski definition) is 4. The normalized spacial score (nSPS) is 9.84. The van der Waals surface area contributed by atoms with E-state index in [1.54, 1.807) is 30.5 Å². The van der Waals surface area contributed by atoms with Crippen molar-refractivity contribution in [2.75, 3.05) is 0 Å². The van der Waals surface area contributed by atoms with Crippen LogP contribution in [-0.2, 0) is 11.3 Å². The fourth-order valence-electron chi connectivity index (χ4n) is 2.50. The maximum absolute atomic E-state index is 8.97. The van der Waals surface area contributed by atoms with Crippen molar-refractivity contribution >= 4 is 17.8 Å². The van der Waals surface area contributed by atoms with Gasteiger partial charge >= 0.3 is 6.92 Å². The Balaban J connectivity index is 1.89. The van der Waals surface area contributed by atoms with E-state index in [0.717, 1.165) is 16.6 Å². The summed E-state index contributed by atoms with van der Waals surface area (Å²) in [4.78, 5) is 4.28. The molecular weight excluding hydrogens is 309 g/mol. The van der Waals surface area contributed by atoms with Gasteiger partial charge in [0.05, 0.1) is 35.6 Å². The molecular formula is C20H14BN3O. The van der Waals surface area contributed by atoms with Crippen LogP contribution in [0.5, 0.6) is 0 Å². The molecule has 0 unspecified atom stereocenters. The van der Waals surface area contributed by atoms with Gasteiger partial charge in [-0.3, -0.25) is 4.98 Å². The molecule has 5 heteroatoms. The van der Waals surface area contributed by atoms with Crippen LogP contribution in [0.25, 0.3) is 0 Å². The molecule has 3 aromatic rings. The summed E-state index contributed by atoms with van der Waals surface area (Å²) in [6.07, 6.45) is 1.73. The maximum atomic E-state index is 8.97. The zero-order valence-corrected chi connectivity index (χ0v) is 13.5. The Morgan fingerprint density at radius 2 is 1.36 bits per heavy atom. The van der Waals surface area contributed by atoms with Gasteiger partial charge in [0.15, 0.2) is 0 Å². The lowest BCUT2D eigenvalue weighted by atomic mass is 9.55. The monoisotopic (exact) mass is 323 g/mol. The lowest BCUT2D eigenvalue weighted by molar-refractivity contribution is 0.316. The van der Waals surface area contributed by atoms with E-state index in [9.17, 15) is 0 Å². The lowest BCUT2D eigenvalue weighted by Crippen LogP contribution is -2.44. The van der Waals surface area contributed by atoms with Crippen molar-refractivity contribution in [3.8, 4) is 12.1 Å². The second-order valence-electron chi connectivity index (χ2n) is 5.48. The van der Waals surface area contributed by atoms with Crippen LogP contribution in [0.4, 0.5) is 0 Å². The van der Waals surface area contributed by atoms with E-state index in [4.69, 9.17) is 15.2 Å². The zero-order chi connectivity index (χ0) is 17.5. The Hall–Kier alpha value is -3.41. The number of rotatable bonds is 5. The molecule has 1 heterocycles. The lowest BCUT2D eigenvalue weighted by Gasteiger charge is -2.15. The molecule has 0 aliphatic heterocycles. The Labute approximate surface area is 147 Å². The van der Waals surface area contributed by atoms with Crippen LogP contribution in [0.2, 0.25) is 0 Å². The minimum Gasteiger partial charge on any atom is -0.421 e. The first-order chi connectivity index (χ1) is 12.3. The summed E-state index contributed by atoms with van der Waals surface area (Å²) < 4.78 is 6.12. The van der Waals surface area contributed by atoms with Crippen LogP contribution in [0.3, 0.4) is 0 Å². The van der Waals surface area contributed by atoms with E-state index in [1.807, 2.05) is 42.5 Å². The first kappa shape index (κ1) is 16.5. The first-order valence-electron chi connectivity index (χ1n) is 7.82. The van der Waals surface area contributed by atoms with E-state index in [-0.39, 0.29) is 6.92 Å². The average Bonchev–Trinajstić information content (AvgIpc) is 2.70. The SMILES string of the molecule is N#Cc1ccc(B(OCc2ccccn2)c2ccc(C#N)cc2)cc1. The van der Waals surface area contributed by atoms with Crippen molar-refractivity contribution in [1.82, 2.24) is 4.98 Å². The summed E-state index contributed by atoms with van der Waals surface area (Å²) in [5.74, 6) is 0. The Morgan fingerprint density at radius 1 is 0.800 bits per heavy atom. The predicted molar refractivity (Wildman–Crippen MR) is 96.4 cm³/mol. The topological polar surface area (TPSA) is 69.7 Å². The highest BCUT2D eigenvalue weighted by Gasteiger charge is 2.21. The number of nitriles is 2. The molecule has 0 aliphatic carbocycles. The van der Waals surface area contributed by atoms with Crippen LogP contribution in [-0.4, -0.2) is 11.9 Å². The fraction of sp³-hybridized carbons (Fsp3) is 0.0500. The number of benzene rings is 2. The molecule has 0 spiro atoms. The number of pyridine rings is 1. The molecule has 0 radical (unpaired) electrons. The molecule has 0 fully saturated rings. The van der Waals surface area contributed by atoms with Gasteiger partial charge in [0.1, 0.15) is 0 Å². The molecule has 1 aromatic heterocycles. The van der Waals surface area contributed by atoms with Crippen LogP contribution >= 0.6 is 0 Å². The van der Waals surface area contributed by atoms with Gasteiger partial charge in [0.25, 0.3) is 0 Å². The van der Waals surface area contributed by atoms with Gasteiger partial charge in [-0.1, -0.05) is 30.3 Å². The largest absolute Gasteiger partial charge is 0.421 e. The Bertz CT molecular complexity index is 853. The predicted octanol–water partition coefficient (Wildman–Crippen LogP) is 2.15. The quantitative estimate of drug-likeness (QED) is 0.675. The Kier molecular flexibility index (Phi) is 5.21. The second kappa shape index (κ2) is 7.92. The molecule has 0 amide bonds. The Morgan fingerprint density at radius 3 is 1.80 bits per heavy atom. The molecule has 0 N–H and O–H groups in total. The maximum Gasteiger partial charge on any atom is 0.361 e. The van der Waals surface area contributed by atoms with Gasteiger partial charge in [-0.05, 0) is 47.3 Å². The second-order valence-corrected chi connectivity index (χ2v) is 5.48. The molecule has 25 heavy (non-hydrogen) atoms. The fourth-order valence-corrected chi connectivity index (χ4v) is 2.50. The van der Waals surface area contributed by atoms with Crippen molar-refractivity contribution < 1.29 is 4.65 Å². The third-order valence-corrected chi connectivity index (χ3v) is 3.81. The van der Waals surface area contributed by atoms with Crippen LogP contribution in [0.1, 0.15) is 16.8 Å². The van der Waals surface area contributed by atoms with Crippen molar-refractivity contribution in [3.05, 3.63) is 89.7 Å². The summed E-state index contributed by atoms with van der Waals surface area (Å²) in [6, 6.07) is 24.6. The summed E-state index contributed by atoms with van der Waals surface area (Å²) in [5.41, 5.74) is 3.94. The highest BCUT2D eigenvalue weighted by Crippen LogP contribution is 2.03. The first-order valence-corrected chi connectivity index (χ1v) is 7.82. The van der Waals surface area contributed by atoms with Gasteiger partial charge in [-0.25, -0.2) is 0 Å². The molecule has 0 atom stereocenters. The minimum absolute atomic E-state index is 0.303. The summed E-state index contributed by atoms with van der Waals surface area (Å²) in [7, 11) is 0. The van der Waals surface area contributed by atoms with E-state index in [1.165, 1.54) is 0 Å². The number of aromatic nitrogens is 1. The van der Waals surface area contributed by atoms with Crippen molar-refractivity contribution in [2.24, 2.45) is 0 Å². The highest BCUT2D eigenvalue weighted by atomic mass is 16.4. The van der Waals surface area contributed by atoms with Crippen LogP contribution < -0.4 is 10.9 Å². The highest BCUT2D eigenvalue weighted by molar-refractivity contribution is 6.80. The summed E-state index contributed by atoms with van der Waals surface area (Å²) in [5, 5.41) is 17.9. The minimum atomic E-state index is -0.303. The van der Waals surface area contributed by atoms with E-state index in [2.05, 4.69) is 17.1 Å². The third kappa shape index (κ3) is 4.12. The van der Waals surface area contributed by atoms with E-state index >= 15 is 0 Å². The van der Waals surface area contributed by atoms with Gasteiger partial charge in [0.2, 0.25) is 0 Å². The van der Waals surface area contributed by atoms with Crippen LogP contribution in [0.15, 0.2) is 72.9 Å². The van der Waals surface area contributed by atoms with Gasteiger partial charge in [-0.15, -0.1) is 0 Å². The van der Waals surface area contributed by atoms with Crippen molar-refractivity contribution in [3.63, 3.8) is 0 Å². The number of hydrogen-bond donors (Lipinski definition) is 0. The standard InChI is InChI=1S/C20H14BN3O/c22-13-16-4-8-18(9-5-16)21(19-10-6-17(14-23)7-11-19)25-15-20-3-1-2-12-24-20/h1-12H,15H2.